The molecule has 0 amide bonds. The number of nitrogens with one attached hydrogen (secondary N) is 1. The smallest absolute Gasteiger partial charge is 0.0700 e. The SMILES string of the molecule is CCCn1cc(CNCC2CCCO2)c(C)n1.Cl. The van der Waals surface area contributed by atoms with E-state index in [2.05, 4.69) is 30.5 Å². The second kappa shape index (κ2) is 7.77. The van der Waals surface area contributed by atoms with Crippen LogP contribution >= 0.6 is 12.4 Å². The Hall–Kier alpha value is -0.580. The van der Waals surface area contributed by atoms with Gasteiger partial charge in [0.25, 0.3) is 0 Å². The largest absolute Gasteiger partial charge is 0.377 e. The van der Waals surface area contributed by atoms with Gasteiger partial charge in [0.1, 0.15) is 0 Å². The molecule has 1 aliphatic heterocycles. The Balaban J connectivity index is 0.00000162. The highest BCUT2D eigenvalue weighted by molar-refractivity contribution is 5.85. The molecule has 0 spiro atoms. The maximum absolute atomic E-state index is 5.58. The third-order valence-corrected chi connectivity index (χ3v) is 3.21. The number of halogens is 1. The summed E-state index contributed by atoms with van der Waals surface area (Å²) in [5.41, 5.74) is 2.44. The van der Waals surface area contributed by atoms with Crippen molar-refractivity contribution in [1.82, 2.24) is 15.1 Å². The summed E-state index contributed by atoms with van der Waals surface area (Å²) in [5, 5.41) is 7.96. The van der Waals surface area contributed by atoms with Crippen LogP contribution in [0, 0.1) is 6.92 Å². The predicted molar refractivity (Wildman–Crippen MR) is 75.2 cm³/mol. The molecule has 1 aliphatic rings. The zero-order chi connectivity index (χ0) is 12.1. The van der Waals surface area contributed by atoms with Crippen LogP contribution in [0.15, 0.2) is 6.20 Å². The van der Waals surface area contributed by atoms with Crippen LogP contribution in [0.1, 0.15) is 37.4 Å². The second-order valence-electron chi connectivity index (χ2n) is 4.77. The summed E-state index contributed by atoms with van der Waals surface area (Å²) in [5.74, 6) is 0. The highest BCUT2D eigenvalue weighted by atomic mass is 35.5. The zero-order valence-electron chi connectivity index (χ0n) is 11.3. The van der Waals surface area contributed by atoms with E-state index >= 15 is 0 Å². The summed E-state index contributed by atoms with van der Waals surface area (Å²) < 4.78 is 7.62. The molecule has 2 rings (SSSR count). The van der Waals surface area contributed by atoms with Crippen LogP contribution in [0.2, 0.25) is 0 Å². The first kappa shape index (κ1) is 15.5. The van der Waals surface area contributed by atoms with Crippen molar-refractivity contribution < 1.29 is 4.74 Å². The van der Waals surface area contributed by atoms with Crippen LogP contribution in [0.25, 0.3) is 0 Å². The lowest BCUT2D eigenvalue weighted by Gasteiger charge is -2.09. The van der Waals surface area contributed by atoms with Crippen molar-refractivity contribution in [2.24, 2.45) is 0 Å². The van der Waals surface area contributed by atoms with Gasteiger partial charge in [0.15, 0.2) is 0 Å². The molecule has 1 aromatic heterocycles. The van der Waals surface area contributed by atoms with Gasteiger partial charge in [-0.15, -0.1) is 12.4 Å². The lowest BCUT2D eigenvalue weighted by Crippen LogP contribution is -2.25. The van der Waals surface area contributed by atoms with Gasteiger partial charge in [-0.05, 0) is 26.2 Å². The summed E-state index contributed by atoms with van der Waals surface area (Å²) in [4.78, 5) is 0. The van der Waals surface area contributed by atoms with Crippen molar-refractivity contribution in [2.45, 2.75) is 52.3 Å². The minimum atomic E-state index is 0. The van der Waals surface area contributed by atoms with Gasteiger partial charge in [-0.1, -0.05) is 6.92 Å². The quantitative estimate of drug-likeness (QED) is 0.864. The molecule has 0 saturated carbocycles. The molecule has 0 bridgehead atoms. The molecule has 0 aliphatic carbocycles. The van der Waals surface area contributed by atoms with E-state index < -0.39 is 0 Å². The Morgan fingerprint density at radius 2 is 2.39 bits per heavy atom. The zero-order valence-corrected chi connectivity index (χ0v) is 12.1. The molecular formula is C13H24ClN3O. The lowest BCUT2D eigenvalue weighted by atomic mass is 10.2. The van der Waals surface area contributed by atoms with Crippen molar-refractivity contribution in [1.29, 1.82) is 0 Å². The van der Waals surface area contributed by atoms with Crippen molar-refractivity contribution in [2.75, 3.05) is 13.2 Å². The first-order chi connectivity index (χ1) is 8.29. The molecule has 2 heterocycles. The Bertz CT molecular complexity index is 348. The first-order valence-electron chi connectivity index (χ1n) is 6.65. The van der Waals surface area contributed by atoms with Crippen molar-refractivity contribution >= 4 is 12.4 Å². The van der Waals surface area contributed by atoms with Crippen molar-refractivity contribution in [3.05, 3.63) is 17.5 Å². The maximum Gasteiger partial charge on any atom is 0.0700 e. The number of rotatable bonds is 6. The molecule has 0 aromatic carbocycles. The van der Waals surface area contributed by atoms with Gasteiger partial charge in [0.2, 0.25) is 0 Å². The standard InChI is InChI=1S/C13H23N3O.ClH/c1-3-6-16-10-12(11(2)15-16)8-14-9-13-5-4-7-17-13;/h10,13-14H,3-9H2,1-2H3;1H. The highest BCUT2D eigenvalue weighted by Crippen LogP contribution is 2.11. The summed E-state index contributed by atoms with van der Waals surface area (Å²) >= 11 is 0. The maximum atomic E-state index is 5.58. The van der Waals surface area contributed by atoms with Crippen LogP contribution in [0.3, 0.4) is 0 Å². The third-order valence-electron chi connectivity index (χ3n) is 3.21. The van der Waals surface area contributed by atoms with Crippen LogP contribution in [-0.4, -0.2) is 29.0 Å². The van der Waals surface area contributed by atoms with E-state index in [1.54, 1.807) is 0 Å². The number of aryl methyl sites for hydroxylation is 2. The Morgan fingerprint density at radius 1 is 1.56 bits per heavy atom. The van der Waals surface area contributed by atoms with Gasteiger partial charge in [-0.3, -0.25) is 4.68 Å². The van der Waals surface area contributed by atoms with Crippen LogP contribution < -0.4 is 5.32 Å². The van der Waals surface area contributed by atoms with Crippen molar-refractivity contribution in [3.8, 4) is 0 Å². The van der Waals surface area contributed by atoms with E-state index in [0.717, 1.165) is 38.4 Å². The predicted octanol–water partition coefficient (Wildman–Crippen LogP) is 2.29. The summed E-state index contributed by atoms with van der Waals surface area (Å²) in [6.45, 7) is 8.04. The van der Waals surface area contributed by atoms with Gasteiger partial charge in [0.05, 0.1) is 11.8 Å². The molecular weight excluding hydrogens is 250 g/mol. The molecule has 0 radical (unpaired) electrons. The summed E-state index contributed by atoms with van der Waals surface area (Å²) in [7, 11) is 0. The monoisotopic (exact) mass is 273 g/mol. The van der Waals surface area contributed by atoms with E-state index in [-0.39, 0.29) is 12.4 Å². The fourth-order valence-electron chi connectivity index (χ4n) is 2.25. The number of hydrogen-bond donors (Lipinski definition) is 1. The highest BCUT2D eigenvalue weighted by Gasteiger charge is 2.14. The Kier molecular flexibility index (Phi) is 6.68. The van der Waals surface area contributed by atoms with Gasteiger partial charge < -0.3 is 10.1 Å². The molecule has 5 heteroatoms. The molecule has 1 saturated heterocycles. The van der Waals surface area contributed by atoms with E-state index in [9.17, 15) is 0 Å². The molecule has 1 atom stereocenters. The molecule has 1 unspecified atom stereocenters. The minimum Gasteiger partial charge on any atom is -0.377 e. The fraction of sp³-hybridized carbons (Fsp3) is 0.769. The third kappa shape index (κ3) is 4.26. The van der Waals surface area contributed by atoms with E-state index in [1.165, 1.54) is 18.4 Å². The number of nitrogens with zero attached hydrogens (tertiary/aromatic N) is 2. The molecule has 1 aromatic rings. The topological polar surface area (TPSA) is 39.1 Å². The number of hydrogen-bond acceptors (Lipinski definition) is 3. The second-order valence-corrected chi connectivity index (χ2v) is 4.77. The van der Waals surface area contributed by atoms with Crippen molar-refractivity contribution in [3.63, 3.8) is 0 Å². The normalized spacial score (nSPS) is 18.9. The molecule has 4 nitrogen and oxygen atoms in total. The summed E-state index contributed by atoms with van der Waals surface area (Å²) in [6, 6.07) is 0. The Labute approximate surface area is 115 Å². The van der Waals surface area contributed by atoms with E-state index in [4.69, 9.17) is 4.74 Å². The lowest BCUT2D eigenvalue weighted by molar-refractivity contribution is 0.110. The number of aromatic nitrogens is 2. The fourth-order valence-corrected chi connectivity index (χ4v) is 2.25. The summed E-state index contributed by atoms with van der Waals surface area (Å²) in [6.07, 6.45) is 6.10. The molecule has 104 valence electrons. The van der Waals surface area contributed by atoms with Gasteiger partial charge in [-0.2, -0.15) is 5.10 Å². The number of ether oxygens (including phenoxy) is 1. The minimum absolute atomic E-state index is 0. The molecule has 18 heavy (non-hydrogen) atoms. The average molecular weight is 274 g/mol. The van der Waals surface area contributed by atoms with Crippen LogP contribution in [0.5, 0.6) is 0 Å². The van der Waals surface area contributed by atoms with E-state index in [0.29, 0.717) is 6.10 Å². The van der Waals surface area contributed by atoms with Gasteiger partial charge >= 0.3 is 0 Å². The van der Waals surface area contributed by atoms with Crippen LogP contribution in [0.4, 0.5) is 0 Å². The molecule has 1 N–H and O–H groups in total. The van der Waals surface area contributed by atoms with Crippen LogP contribution in [-0.2, 0) is 17.8 Å². The van der Waals surface area contributed by atoms with Gasteiger partial charge in [-0.25, -0.2) is 0 Å². The van der Waals surface area contributed by atoms with E-state index in [1.807, 2.05) is 4.68 Å². The Morgan fingerprint density at radius 3 is 3.06 bits per heavy atom. The average Bonchev–Trinajstić information content (AvgIpc) is 2.90. The first-order valence-corrected chi connectivity index (χ1v) is 6.65. The molecule has 1 fully saturated rings. The van der Waals surface area contributed by atoms with Gasteiger partial charge in [0, 0.05) is 38.0 Å².